The normalized spacial score (nSPS) is 19.1. The van der Waals surface area contributed by atoms with Gasteiger partial charge in [-0.05, 0) is 24.1 Å². The maximum absolute atomic E-state index is 13.1. The first-order chi connectivity index (χ1) is 12.7. The first-order valence-electron chi connectivity index (χ1n) is 8.70. The van der Waals surface area contributed by atoms with E-state index in [9.17, 15) is 9.59 Å². The highest BCUT2D eigenvalue weighted by Crippen LogP contribution is 2.33. The number of amides is 1. The summed E-state index contributed by atoms with van der Waals surface area (Å²) in [5.41, 5.74) is 7.16. The number of nitrogens with zero attached hydrogens (tertiary/aromatic N) is 2. The molecule has 0 spiro atoms. The van der Waals surface area contributed by atoms with E-state index in [-0.39, 0.29) is 41.4 Å². The lowest BCUT2D eigenvalue weighted by Crippen LogP contribution is -2.31. The van der Waals surface area contributed by atoms with Crippen LogP contribution in [-0.2, 0) is 0 Å². The molecular formula is C20H21ClN4O2. The molecule has 1 aromatic heterocycles. The lowest BCUT2D eigenvalue weighted by molar-refractivity contribution is 0.0781. The van der Waals surface area contributed by atoms with Crippen LogP contribution in [0.1, 0.15) is 22.0 Å². The summed E-state index contributed by atoms with van der Waals surface area (Å²) < 4.78 is 0. The summed E-state index contributed by atoms with van der Waals surface area (Å²) in [6.07, 6.45) is 0. The molecule has 140 valence electrons. The van der Waals surface area contributed by atoms with Crippen molar-refractivity contribution in [2.45, 2.75) is 5.92 Å². The minimum absolute atomic E-state index is 0. The molecular weight excluding hydrogens is 364 g/mol. The topological polar surface area (TPSA) is 92.1 Å². The molecule has 7 heteroatoms. The van der Waals surface area contributed by atoms with Gasteiger partial charge in [0.15, 0.2) is 5.69 Å². The molecule has 0 aliphatic carbocycles. The molecule has 4 rings (SSSR count). The minimum atomic E-state index is -0.291. The molecule has 27 heavy (non-hydrogen) atoms. The van der Waals surface area contributed by atoms with E-state index in [2.05, 4.69) is 22.3 Å². The number of fused-ring (bicyclic) bond motifs is 1. The predicted octanol–water partition coefficient (Wildman–Crippen LogP) is 2.16. The van der Waals surface area contributed by atoms with Crippen LogP contribution in [0.25, 0.3) is 10.8 Å². The van der Waals surface area contributed by atoms with Crippen LogP contribution in [0.3, 0.4) is 0 Å². The number of hydrogen-bond acceptors (Lipinski definition) is 4. The standard InChI is InChI=1S/C20H20N4O2.ClH/c21-10-14-11-24(12-17(14)13-6-2-1-3-7-13)20(26)18-15-8-4-5-9-16(15)19(25)23-22-18;/h1-9,14,17H,10-12,21H2,(H,23,25);1H/t14-,17+;/m1./s1. The molecule has 0 bridgehead atoms. The first-order valence-corrected chi connectivity index (χ1v) is 8.70. The molecule has 3 aromatic rings. The van der Waals surface area contributed by atoms with Crippen molar-refractivity contribution in [2.75, 3.05) is 19.6 Å². The van der Waals surface area contributed by atoms with Crippen LogP contribution in [0, 0.1) is 5.92 Å². The van der Waals surface area contributed by atoms with E-state index in [4.69, 9.17) is 5.73 Å². The van der Waals surface area contributed by atoms with Gasteiger partial charge in [0.2, 0.25) is 0 Å². The third kappa shape index (κ3) is 3.46. The molecule has 3 N–H and O–H groups in total. The van der Waals surface area contributed by atoms with Crippen molar-refractivity contribution in [3.05, 3.63) is 76.2 Å². The Kier molecular flexibility index (Phi) is 5.58. The molecule has 2 aromatic carbocycles. The number of nitrogens with one attached hydrogen (secondary N) is 1. The average molecular weight is 385 g/mol. The van der Waals surface area contributed by atoms with E-state index in [0.29, 0.717) is 30.4 Å². The molecule has 0 unspecified atom stereocenters. The van der Waals surface area contributed by atoms with Gasteiger partial charge >= 0.3 is 0 Å². The number of halogens is 1. The zero-order valence-corrected chi connectivity index (χ0v) is 15.5. The van der Waals surface area contributed by atoms with Crippen LogP contribution in [0.5, 0.6) is 0 Å². The SMILES string of the molecule is Cl.NC[C@@H]1CN(C(=O)c2n[nH]c(=O)c3ccccc23)C[C@H]1c1ccccc1. The third-order valence-electron chi connectivity index (χ3n) is 5.16. The number of aromatic amines is 1. The van der Waals surface area contributed by atoms with Crippen molar-refractivity contribution in [3.8, 4) is 0 Å². The number of nitrogens with two attached hydrogens (primary N) is 1. The number of hydrogen-bond donors (Lipinski definition) is 2. The van der Waals surface area contributed by atoms with Crippen LogP contribution >= 0.6 is 12.4 Å². The molecule has 0 saturated carbocycles. The van der Waals surface area contributed by atoms with Crippen molar-refractivity contribution >= 4 is 29.1 Å². The minimum Gasteiger partial charge on any atom is -0.336 e. The number of benzene rings is 2. The van der Waals surface area contributed by atoms with Gasteiger partial charge in [0.25, 0.3) is 11.5 Å². The Morgan fingerprint density at radius 3 is 2.44 bits per heavy atom. The number of carbonyl (C=O) groups excluding carboxylic acids is 1. The van der Waals surface area contributed by atoms with Crippen molar-refractivity contribution < 1.29 is 4.79 Å². The summed E-state index contributed by atoms with van der Waals surface area (Å²) in [6.45, 7) is 1.70. The monoisotopic (exact) mass is 384 g/mol. The molecule has 2 heterocycles. The van der Waals surface area contributed by atoms with Crippen LogP contribution < -0.4 is 11.3 Å². The molecule has 1 amide bonds. The number of likely N-dealkylation sites (tertiary alicyclic amines) is 1. The van der Waals surface area contributed by atoms with Gasteiger partial charge in [-0.2, -0.15) is 5.10 Å². The predicted molar refractivity (Wildman–Crippen MR) is 107 cm³/mol. The number of rotatable bonds is 3. The summed E-state index contributed by atoms with van der Waals surface area (Å²) >= 11 is 0. The van der Waals surface area contributed by atoms with Gasteiger partial charge in [-0.25, -0.2) is 5.10 Å². The fourth-order valence-corrected chi connectivity index (χ4v) is 3.78. The van der Waals surface area contributed by atoms with Gasteiger partial charge < -0.3 is 10.6 Å². The summed E-state index contributed by atoms with van der Waals surface area (Å²) in [4.78, 5) is 26.9. The lowest BCUT2D eigenvalue weighted by Gasteiger charge is -2.17. The van der Waals surface area contributed by atoms with Gasteiger partial charge in [-0.1, -0.05) is 48.5 Å². The maximum atomic E-state index is 13.1. The quantitative estimate of drug-likeness (QED) is 0.723. The van der Waals surface area contributed by atoms with E-state index in [1.165, 1.54) is 5.56 Å². The highest BCUT2D eigenvalue weighted by Gasteiger charge is 2.36. The Labute approximate surface area is 162 Å². The van der Waals surface area contributed by atoms with Gasteiger partial charge in [0, 0.05) is 24.4 Å². The second-order valence-electron chi connectivity index (χ2n) is 6.67. The van der Waals surface area contributed by atoms with E-state index in [0.717, 1.165) is 0 Å². The van der Waals surface area contributed by atoms with Gasteiger partial charge in [0.1, 0.15) is 0 Å². The average Bonchev–Trinajstić information content (AvgIpc) is 3.13. The van der Waals surface area contributed by atoms with Crippen LogP contribution in [0.15, 0.2) is 59.4 Å². The first kappa shape index (κ1) is 19.1. The summed E-state index contributed by atoms with van der Waals surface area (Å²) in [5, 5.41) is 7.53. The summed E-state index contributed by atoms with van der Waals surface area (Å²) in [6, 6.07) is 17.2. The third-order valence-corrected chi connectivity index (χ3v) is 5.16. The van der Waals surface area contributed by atoms with Crippen LogP contribution in [-0.4, -0.2) is 40.6 Å². The number of carbonyl (C=O) groups is 1. The molecule has 1 fully saturated rings. The molecule has 6 nitrogen and oxygen atoms in total. The van der Waals surface area contributed by atoms with Crippen molar-refractivity contribution in [3.63, 3.8) is 0 Å². The van der Waals surface area contributed by atoms with E-state index >= 15 is 0 Å². The fraction of sp³-hybridized carbons (Fsp3) is 0.250. The zero-order valence-electron chi connectivity index (χ0n) is 14.7. The Bertz CT molecular complexity index is 1010. The Balaban J connectivity index is 0.00000210. The highest BCUT2D eigenvalue weighted by atomic mass is 35.5. The summed E-state index contributed by atoms with van der Waals surface area (Å²) in [7, 11) is 0. The zero-order chi connectivity index (χ0) is 18.1. The molecule has 1 aliphatic rings. The molecule has 2 atom stereocenters. The van der Waals surface area contributed by atoms with E-state index < -0.39 is 0 Å². The molecule has 0 radical (unpaired) electrons. The van der Waals surface area contributed by atoms with E-state index in [1.54, 1.807) is 29.2 Å². The van der Waals surface area contributed by atoms with Crippen LogP contribution in [0.2, 0.25) is 0 Å². The number of H-pyrrole nitrogens is 1. The Hall–Kier alpha value is -2.70. The molecule has 1 saturated heterocycles. The van der Waals surface area contributed by atoms with Crippen molar-refractivity contribution in [1.82, 2.24) is 15.1 Å². The fourth-order valence-electron chi connectivity index (χ4n) is 3.78. The maximum Gasteiger partial charge on any atom is 0.274 e. The van der Waals surface area contributed by atoms with Gasteiger partial charge in [-0.3, -0.25) is 9.59 Å². The lowest BCUT2D eigenvalue weighted by atomic mass is 9.89. The van der Waals surface area contributed by atoms with Gasteiger partial charge in [-0.15, -0.1) is 12.4 Å². The van der Waals surface area contributed by atoms with Crippen molar-refractivity contribution in [2.24, 2.45) is 11.7 Å². The molecule has 1 aliphatic heterocycles. The highest BCUT2D eigenvalue weighted by molar-refractivity contribution is 6.04. The largest absolute Gasteiger partial charge is 0.336 e. The van der Waals surface area contributed by atoms with Crippen molar-refractivity contribution in [1.29, 1.82) is 0 Å². The summed E-state index contributed by atoms with van der Waals surface area (Å²) in [5.74, 6) is 0.240. The smallest absolute Gasteiger partial charge is 0.274 e. The number of aromatic nitrogens is 2. The Morgan fingerprint density at radius 1 is 1.07 bits per heavy atom. The second-order valence-corrected chi connectivity index (χ2v) is 6.67. The Morgan fingerprint density at radius 2 is 1.74 bits per heavy atom. The van der Waals surface area contributed by atoms with Crippen LogP contribution in [0.4, 0.5) is 0 Å². The van der Waals surface area contributed by atoms with E-state index in [1.807, 2.05) is 18.2 Å². The van der Waals surface area contributed by atoms with Gasteiger partial charge in [0.05, 0.1) is 5.39 Å². The second kappa shape index (κ2) is 7.90.